The second-order valence-corrected chi connectivity index (χ2v) is 8.16. The minimum absolute atomic E-state index is 0.00630. The highest BCUT2D eigenvalue weighted by atomic mass is 32.2. The Hall–Kier alpha value is -3.52. The van der Waals surface area contributed by atoms with E-state index in [-0.39, 0.29) is 16.5 Å². The molecule has 0 unspecified atom stereocenters. The summed E-state index contributed by atoms with van der Waals surface area (Å²) < 4.78 is 39.2. The van der Waals surface area contributed by atoms with Crippen molar-refractivity contribution >= 4 is 27.3 Å². The second-order valence-electron chi connectivity index (χ2n) is 6.47. The fourth-order valence-corrected chi connectivity index (χ4v) is 3.92. The zero-order valence-electron chi connectivity index (χ0n) is 17.3. The van der Waals surface area contributed by atoms with E-state index in [9.17, 15) is 13.2 Å². The maximum Gasteiger partial charge on any atom is 0.261 e. The van der Waals surface area contributed by atoms with Crippen LogP contribution in [0.3, 0.4) is 0 Å². The molecule has 0 saturated carbocycles. The lowest BCUT2D eigenvalue weighted by molar-refractivity contribution is 0.102. The van der Waals surface area contributed by atoms with Crippen molar-refractivity contribution in [2.45, 2.75) is 18.7 Å². The van der Waals surface area contributed by atoms with Gasteiger partial charge in [0.1, 0.15) is 11.5 Å². The zero-order valence-corrected chi connectivity index (χ0v) is 18.1. The summed E-state index contributed by atoms with van der Waals surface area (Å²) in [6.45, 7) is 4.57. The number of sulfonamides is 1. The van der Waals surface area contributed by atoms with Crippen LogP contribution >= 0.6 is 0 Å². The van der Waals surface area contributed by atoms with Crippen molar-refractivity contribution in [2.24, 2.45) is 0 Å². The summed E-state index contributed by atoms with van der Waals surface area (Å²) in [6.07, 6.45) is 0. The van der Waals surface area contributed by atoms with Crippen LogP contribution in [0.4, 0.5) is 11.4 Å². The first-order valence-electron chi connectivity index (χ1n) is 9.82. The molecule has 0 heterocycles. The van der Waals surface area contributed by atoms with Crippen LogP contribution in [0.5, 0.6) is 11.5 Å². The summed E-state index contributed by atoms with van der Waals surface area (Å²) >= 11 is 0. The minimum Gasteiger partial charge on any atom is -0.494 e. The van der Waals surface area contributed by atoms with Crippen molar-refractivity contribution in [3.05, 3.63) is 78.4 Å². The van der Waals surface area contributed by atoms with Crippen LogP contribution in [0.15, 0.2) is 77.7 Å². The number of benzene rings is 3. The Morgan fingerprint density at radius 2 is 1.55 bits per heavy atom. The van der Waals surface area contributed by atoms with Gasteiger partial charge in [0.2, 0.25) is 0 Å². The third-order valence-corrected chi connectivity index (χ3v) is 5.64. The lowest BCUT2D eigenvalue weighted by Gasteiger charge is -2.14. The van der Waals surface area contributed by atoms with E-state index in [0.29, 0.717) is 36.0 Å². The fourth-order valence-electron chi connectivity index (χ4n) is 2.84. The van der Waals surface area contributed by atoms with Crippen molar-refractivity contribution in [3.8, 4) is 11.5 Å². The molecule has 0 saturated heterocycles. The number of carbonyl (C=O) groups is 1. The summed E-state index contributed by atoms with van der Waals surface area (Å²) in [5, 5.41) is 2.74. The van der Waals surface area contributed by atoms with Gasteiger partial charge < -0.3 is 14.8 Å². The molecule has 0 spiro atoms. The number of hydrogen-bond acceptors (Lipinski definition) is 5. The molecule has 0 radical (unpaired) electrons. The molecule has 162 valence electrons. The highest BCUT2D eigenvalue weighted by Crippen LogP contribution is 2.29. The monoisotopic (exact) mass is 440 g/mol. The Bertz CT molecular complexity index is 1130. The average Bonchev–Trinajstić information content (AvgIpc) is 2.77. The van der Waals surface area contributed by atoms with Crippen LogP contribution in [-0.4, -0.2) is 27.5 Å². The Morgan fingerprint density at radius 1 is 0.871 bits per heavy atom. The molecule has 0 atom stereocenters. The molecular formula is C23H24N2O5S. The van der Waals surface area contributed by atoms with Crippen molar-refractivity contribution in [1.29, 1.82) is 0 Å². The van der Waals surface area contributed by atoms with Gasteiger partial charge in [0, 0.05) is 11.3 Å². The quantitative estimate of drug-likeness (QED) is 0.510. The van der Waals surface area contributed by atoms with Crippen LogP contribution in [0, 0.1) is 0 Å². The smallest absolute Gasteiger partial charge is 0.261 e. The highest BCUT2D eigenvalue weighted by Gasteiger charge is 2.18. The molecule has 0 aliphatic rings. The normalized spacial score (nSPS) is 10.9. The van der Waals surface area contributed by atoms with Crippen LogP contribution in [0.1, 0.15) is 24.2 Å². The second kappa shape index (κ2) is 9.99. The molecule has 7 nitrogen and oxygen atoms in total. The number of ether oxygens (including phenoxy) is 2. The van der Waals surface area contributed by atoms with Gasteiger partial charge in [0.25, 0.3) is 15.9 Å². The third kappa shape index (κ3) is 5.76. The standard InChI is InChI=1S/C23H24N2O5S/c1-3-29-19-12-10-18(11-13-19)25-31(27,28)20-14-15-22(30-4-2)21(16-20)24-23(26)17-8-6-5-7-9-17/h5-16,25H,3-4H2,1-2H3,(H,24,26). The van der Waals surface area contributed by atoms with E-state index >= 15 is 0 Å². The molecule has 3 aromatic carbocycles. The van der Waals surface area contributed by atoms with Crippen LogP contribution in [-0.2, 0) is 10.0 Å². The first kappa shape index (κ1) is 22.2. The molecule has 0 fully saturated rings. The fraction of sp³-hybridized carbons (Fsp3) is 0.174. The topological polar surface area (TPSA) is 93.7 Å². The number of nitrogens with one attached hydrogen (secondary N) is 2. The summed E-state index contributed by atoms with van der Waals surface area (Å²) in [5.41, 5.74) is 1.11. The molecule has 0 aromatic heterocycles. The molecule has 2 N–H and O–H groups in total. The van der Waals surface area contributed by atoms with Crippen molar-refractivity contribution in [3.63, 3.8) is 0 Å². The number of amides is 1. The molecule has 0 bridgehead atoms. The van der Waals surface area contributed by atoms with E-state index < -0.39 is 10.0 Å². The first-order valence-corrected chi connectivity index (χ1v) is 11.3. The van der Waals surface area contributed by atoms with Crippen LogP contribution in [0.2, 0.25) is 0 Å². The Morgan fingerprint density at radius 3 is 2.19 bits per heavy atom. The molecule has 0 aliphatic carbocycles. The van der Waals surface area contributed by atoms with Gasteiger partial charge in [-0.25, -0.2) is 8.42 Å². The lowest BCUT2D eigenvalue weighted by Crippen LogP contribution is -2.16. The summed E-state index contributed by atoms with van der Waals surface area (Å²) in [6, 6.07) is 19.6. The molecule has 1 amide bonds. The zero-order chi connectivity index (χ0) is 22.3. The largest absolute Gasteiger partial charge is 0.494 e. The Labute approximate surface area is 182 Å². The number of carbonyl (C=O) groups excluding carboxylic acids is 1. The van der Waals surface area contributed by atoms with E-state index in [1.54, 1.807) is 55.5 Å². The Balaban J connectivity index is 1.86. The van der Waals surface area contributed by atoms with Crippen LogP contribution in [0.25, 0.3) is 0 Å². The van der Waals surface area contributed by atoms with Crippen molar-refractivity contribution in [1.82, 2.24) is 0 Å². The Kier molecular flexibility index (Phi) is 7.15. The van der Waals surface area contributed by atoms with E-state index in [1.165, 1.54) is 18.2 Å². The summed E-state index contributed by atoms with van der Waals surface area (Å²) in [5.74, 6) is 0.666. The van der Waals surface area contributed by atoms with Gasteiger partial charge in [-0.15, -0.1) is 0 Å². The molecular weight excluding hydrogens is 416 g/mol. The highest BCUT2D eigenvalue weighted by molar-refractivity contribution is 7.92. The first-order chi connectivity index (χ1) is 14.9. The molecule has 8 heteroatoms. The SMILES string of the molecule is CCOc1ccc(NS(=O)(=O)c2ccc(OCC)c(NC(=O)c3ccccc3)c2)cc1. The predicted molar refractivity (Wildman–Crippen MR) is 120 cm³/mol. The van der Waals surface area contributed by atoms with Gasteiger partial charge in [0.05, 0.1) is 23.8 Å². The van der Waals surface area contributed by atoms with Gasteiger partial charge >= 0.3 is 0 Å². The third-order valence-electron chi connectivity index (χ3n) is 4.26. The number of anilines is 2. The predicted octanol–water partition coefficient (Wildman–Crippen LogP) is 4.54. The van der Waals surface area contributed by atoms with Gasteiger partial charge in [-0.05, 0) is 68.4 Å². The number of rotatable bonds is 9. The van der Waals surface area contributed by atoms with Crippen molar-refractivity contribution < 1.29 is 22.7 Å². The average molecular weight is 441 g/mol. The van der Waals surface area contributed by atoms with Gasteiger partial charge in [-0.2, -0.15) is 0 Å². The number of hydrogen-bond donors (Lipinski definition) is 2. The van der Waals surface area contributed by atoms with Gasteiger partial charge in [-0.3, -0.25) is 9.52 Å². The molecule has 0 aliphatic heterocycles. The van der Waals surface area contributed by atoms with Gasteiger partial charge in [0.15, 0.2) is 0 Å². The molecule has 3 aromatic rings. The molecule has 3 rings (SSSR count). The van der Waals surface area contributed by atoms with E-state index in [1.807, 2.05) is 13.0 Å². The van der Waals surface area contributed by atoms with Gasteiger partial charge in [-0.1, -0.05) is 18.2 Å². The van der Waals surface area contributed by atoms with E-state index in [0.717, 1.165) is 0 Å². The maximum absolute atomic E-state index is 12.9. The summed E-state index contributed by atoms with van der Waals surface area (Å²) in [4.78, 5) is 12.6. The summed E-state index contributed by atoms with van der Waals surface area (Å²) in [7, 11) is -3.89. The van der Waals surface area contributed by atoms with E-state index in [2.05, 4.69) is 10.0 Å². The van der Waals surface area contributed by atoms with Crippen molar-refractivity contribution in [2.75, 3.05) is 23.3 Å². The van der Waals surface area contributed by atoms with Crippen LogP contribution < -0.4 is 19.5 Å². The minimum atomic E-state index is -3.89. The maximum atomic E-state index is 12.9. The lowest BCUT2D eigenvalue weighted by atomic mass is 10.2. The molecule has 31 heavy (non-hydrogen) atoms. The van der Waals surface area contributed by atoms with E-state index in [4.69, 9.17) is 9.47 Å².